The summed E-state index contributed by atoms with van der Waals surface area (Å²) in [5.74, 6) is 1.19. The molecule has 1 amide bonds. The van der Waals surface area contributed by atoms with Crippen molar-refractivity contribution in [1.82, 2.24) is 15.1 Å². The van der Waals surface area contributed by atoms with Gasteiger partial charge in [-0.25, -0.2) is 4.68 Å². The number of rotatable bonds is 5. The third kappa shape index (κ3) is 3.79. The summed E-state index contributed by atoms with van der Waals surface area (Å²) in [4.78, 5) is 12.7. The minimum absolute atomic E-state index is 0.279. The van der Waals surface area contributed by atoms with E-state index in [9.17, 15) is 4.79 Å². The van der Waals surface area contributed by atoms with Crippen molar-refractivity contribution in [2.24, 2.45) is 0 Å². The van der Waals surface area contributed by atoms with Crippen molar-refractivity contribution >= 4 is 29.1 Å². The summed E-state index contributed by atoms with van der Waals surface area (Å²) >= 11 is 12.6. The Labute approximate surface area is 161 Å². The Morgan fingerprint density at radius 1 is 1.23 bits per heavy atom. The van der Waals surface area contributed by atoms with E-state index in [2.05, 4.69) is 10.4 Å². The molecule has 0 aliphatic carbocycles. The molecule has 0 saturated heterocycles. The lowest BCUT2D eigenvalue weighted by Gasteiger charge is -2.11. The van der Waals surface area contributed by atoms with Gasteiger partial charge in [0.1, 0.15) is 16.7 Å². The maximum absolute atomic E-state index is 12.7. The first-order chi connectivity index (χ1) is 12.4. The molecule has 0 radical (unpaired) electrons. The number of aryl methyl sites for hydroxylation is 2. The number of carbonyl (C=O) groups excluding carboxylic acids is 1. The number of halogens is 2. The third-order valence-corrected chi connectivity index (χ3v) is 4.86. The van der Waals surface area contributed by atoms with Gasteiger partial charge in [-0.05, 0) is 44.5 Å². The van der Waals surface area contributed by atoms with Crippen LogP contribution in [-0.4, -0.2) is 15.7 Å². The molecule has 3 rings (SSSR count). The molecule has 1 N–H and O–H groups in total. The Kier molecular flexibility index (Phi) is 5.39. The van der Waals surface area contributed by atoms with Crippen molar-refractivity contribution in [3.05, 3.63) is 74.9 Å². The Balaban J connectivity index is 1.81. The van der Waals surface area contributed by atoms with Crippen LogP contribution in [0.2, 0.25) is 10.2 Å². The van der Waals surface area contributed by atoms with Gasteiger partial charge in [0.25, 0.3) is 5.91 Å². The summed E-state index contributed by atoms with van der Waals surface area (Å²) in [5.41, 5.74) is 1.79. The molecule has 0 fully saturated rings. The van der Waals surface area contributed by atoms with Crippen molar-refractivity contribution in [3.8, 4) is 0 Å². The highest BCUT2D eigenvalue weighted by Gasteiger charge is 2.23. The van der Waals surface area contributed by atoms with Gasteiger partial charge in [0.05, 0.1) is 23.8 Å². The topological polar surface area (TPSA) is 60.1 Å². The van der Waals surface area contributed by atoms with E-state index in [-0.39, 0.29) is 17.1 Å². The smallest absolute Gasteiger partial charge is 0.256 e. The van der Waals surface area contributed by atoms with E-state index in [0.29, 0.717) is 28.6 Å². The van der Waals surface area contributed by atoms with Gasteiger partial charge in [-0.1, -0.05) is 41.4 Å². The second-order valence-electron chi connectivity index (χ2n) is 6.14. The van der Waals surface area contributed by atoms with Crippen LogP contribution in [0.25, 0.3) is 0 Å². The summed E-state index contributed by atoms with van der Waals surface area (Å²) in [6, 6.07) is 10.9. The Bertz CT molecular complexity index is 946. The fourth-order valence-electron chi connectivity index (χ4n) is 2.73. The summed E-state index contributed by atoms with van der Waals surface area (Å²) in [6.45, 7) is 5.86. The highest BCUT2D eigenvalue weighted by molar-refractivity contribution is 6.33. The normalized spacial score (nSPS) is 12.2. The summed E-state index contributed by atoms with van der Waals surface area (Å²) in [5, 5.41) is 8.20. The van der Waals surface area contributed by atoms with Crippen molar-refractivity contribution in [1.29, 1.82) is 0 Å². The molecule has 3 aromatic rings. The Morgan fingerprint density at radius 3 is 2.62 bits per heavy atom. The molecular weight excluding hydrogens is 373 g/mol. The van der Waals surface area contributed by atoms with Crippen LogP contribution >= 0.6 is 23.2 Å². The average Bonchev–Trinajstić information content (AvgIpc) is 3.13. The lowest BCUT2D eigenvalue weighted by molar-refractivity contribution is 0.0934. The van der Waals surface area contributed by atoms with E-state index < -0.39 is 0 Å². The van der Waals surface area contributed by atoms with E-state index in [1.807, 2.05) is 50.2 Å². The first-order valence-electron chi connectivity index (χ1n) is 8.20. The Morgan fingerprint density at radius 2 is 1.96 bits per heavy atom. The van der Waals surface area contributed by atoms with Crippen LogP contribution in [0.1, 0.15) is 46.1 Å². The molecule has 26 heavy (non-hydrogen) atoms. The van der Waals surface area contributed by atoms with E-state index in [1.54, 1.807) is 11.6 Å². The second kappa shape index (κ2) is 7.56. The average molecular weight is 392 g/mol. The van der Waals surface area contributed by atoms with Crippen LogP contribution in [0.5, 0.6) is 0 Å². The molecule has 5 nitrogen and oxygen atoms in total. The summed E-state index contributed by atoms with van der Waals surface area (Å²) in [6.07, 6.45) is 0. The summed E-state index contributed by atoms with van der Waals surface area (Å²) < 4.78 is 7.13. The molecule has 0 saturated carbocycles. The number of carbonyl (C=O) groups is 1. The number of benzene rings is 1. The molecule has 1 atom stereocenters. The van der Waals surface area contributed by atoms with Crippen LogP contribution in [0.15, 0.2) is 40.8 Å². The second-order valence-corrected chi connectivity index (χ2v) is 6.91. The molecular formula is C19H19Cl2N3O2. The monoisotopic (exact) mass is 391 g/mol. The fraction of sp³-hybridized carbons (Fsp3) is 0.263. The predicted octanol–water partition coefficient (Wildman–Crippen LogP) is 4.94. The predicted molar refractivity (Wildman–Crippen MR) is 102 cm³/mol. The van der Waals surface area contributed by atoms with Gasteiger partial charge < -0.3 is 9.73 Å². The number of hydrogen-bond donors (Lipinski definition) is 1. The van der Waals surface area contributed by atoms with E-state index in [4.69, 9.17) is 27.6 Å². The van der Waals surface area contributed by atoms with Gasteiger partial charge >= 0.3 is 0 Å². The van der Waals surface area contributed by atoms with E-state index in [0.717, 1.165) is 11.3 Å². The fourth-order valence-corrected chi connectivity index (χ4v) is 3.25. The van der Waals surface area contributed by atoms with Crippen LogP contribution in [0.4, 0.5) is 0 Å². The molecule has 7 heteroatoms. The first kappa shape index (κ1) is 18.5. The third-order valence-electron chi connectivity index (χ3n) is 4.11. The van der Waals surface area contributed by atoms with Gasteiger partial charge in [-0.2, -0.15) is 5.10 Å². The minimum Gasteiger partial charge on any atom is -0.464 e. The maximum atomic E-state index is 12.7. The van der Waals surface area contributed by atoms with Crippen LogP contribution in [0.3, 0.4) is 0 Å². The molecule has 0 aliphatic heterocycles. The number of hydrogen-bond acceptors (Lipinski definition) is 3. The molecule has 0 bridgehead atoms. The highest BCUT2D eigenvalue weighted by Crippen LogP contribution is 2.24. The van der Waals surface area contributed by atoms with Crippen molar-refractivity contribution in [3.63, 3.8) is 0 Å². The van der Waals surface area contributed by atoms with E-state index in [1.165, 1.54) is 0 Å². The molecule has 1 unspecified atom stereocenters. The van der Waals surface area contributed by atoms with Crippen LogP contribution in [0, 0.1) is 13.8 Å². The standard InChI is InChI=1S/C19H19Cl2N3O2/c1-11-8-9-16(26-11)12(2)22-19(25)17-13(3)23-24(18(17)21)10-14-6-4-5-7-15(14)20/h4-9,12H,10H2,1-3H3,(H,22,25). The lowest BCUT2D eigenvalue weighted by Crippen LogP contribution is -2.27. The van der Waals surface area contributed by atoms with Crippen molar-refractivity contribution in [2.45, 2.75) is 33.4 Å². The molecule has 0 spiro atoms. The first-order valence-corrected chi connectivity index (χ1v) is 8.96. The quantitative estimate of drug-likeness (QED) is 0.669. The molecule has 1 aromatic carbocycles. The van der Waals surface area contributed by atoms with Gasteiger partial charge in [0, 0.05) is 5.02 Å². The molecule has 136 valence electrons. The Hall–Kier alpha value is -2.24. The number of nitrogens with zero attached hydrogens (tertiary/aromatic N) is 2. The highest BCUT2D eigenvalue weighted by atomic mass is 35.5. The zero-order chi connectivity index (χ0) is 18.8. The van der Waals surface area contributed by atoms with Gasteiger partial charge in [0.2, 0.25) is 0 Å². The van der Waals surface area contributed by atoms with E-state index >= 15 is 0 Å². The van der Waals surface area contributed by atoms with Gasteiger partial charge in [0.15, 0.2) is 0 Å². The molecule has 2 aromatic heterocycles. The summed E-state index contributed by atoms with van der Waals surface area (Å²) in [7, 11) is 0. The number of aromatic nitrogens is 2. The maximum Gasteiger partial charge on any atom is 0.256 e. The van der Waals surface area contributed by atoms with Crippen LogP contribution in [-0.2, 0) is 6.54 Å². The molecule has 0 aliphatic rings. The number of amides is 1. The minimum atomic E-state index is -0.292. The van der Waals surface area contributed by atoms with Crippen molar-refractivity contribution < 1.29 is 9.21 Å². The van der Waals surface area contributed by atoms with Gasteiger partial charge in [-0.3, -0.25) is 4.79 Å². The largest absolute Gasteiger partial charge is 0.464 e. The number of nitrogens with one attached hydrogen (secondary N) is 1. The zero-order valence-corrected chi connectivity index (χ0v) is 16.2. The van der Waals surface area contributed by atoms with Crippen molar-refractivity contribution in [2.75, 3.05) is 0 Å². The SMILES string of the molecule is Cc1ccc(C(C)NC(=O)c2c(C)nn(Cc3ccccc3Cl)c2Cl)o1. The molecule has 2 heterocycles. The lowest BCUT2D eigenvalue weighted by atomic mass is 10.2. The van der Waals surface area contributed by atoms with Gasteiger partial charge in [-0.15, -0.1) is 0 Å². The number of furan rings is 1. The van der Waals surface area contributed by atoms with Crippen LogP contribution < -0.4 is 5.32 Å². The zero-order valence-electron chi connectivity index (χ0n) is 14.7.